The highest BCUT2D eigenvalue weighted by molar-refractivity contribution is 7.10. The van der Waals surface area contributed by atoms with Gasteiger partial charge in [0.25, 0.3) is 0 Å². The molecule has 144 valence electrons. The van der Waals surface area contributed by atoms with Crippen LogP contribution in [0, 0.1) is 5.82 Å². The highest BCUT2D eigenvalue weighted by atomic mass is 32.1. The maximum absolute atomic E-state index is 13.1. The van der Waals surface area contributed by atoms with Gasteiger partial charge in [-0.05, 0) is 53.8 Å². The van der Waals surface area contributed by atoms with Gasteiger partial charge < -0.3 is 14.8 Å². The molecule has 0 aliphatic carbocycles. The zero-order valence-electron chi connectivity index (χ0n) is 15.4. The summed E-state index contributed by atoms with van der Waals surface area (Å²) in [4.78, 5) is 13.2. The number of hydrogen-bond acceptors (Lipinski definition) is 4. The number of halogens is 1. The summed E-state index contributed by atoms with van der Waals surface area (Å²) in [6, 6.07) is 14.0. The summed E-state index contributed by atoms with van der Waals surface area (Å²) >= 11 is 1.65. The first-order valence-electron chi connectivity index (χ1n) is 9.15. The molecule has 28 heavy (non-hydrogen) atoms. The molecule has 0 radical (unpaired) electrons. The number of thiophene rings is 1. The third-order valence-corrected chi connectivity index (χ3v) is 5.68. The third-order valence-electron chi connectivity index (χ3n) is 4.65. The van der Waals surface area contributed by atoms with Crippen molar-refractivity contribution in [2.45, 2.75) is 25.9 Å². The van der Waals surface area contributed by atoms with Crippen LogP contribution in [0.4, 0.5) is 10.1 Å². The van der Waals surface area contributed by atoms with Crippen LogP contribution in [-0.2, 0) is 11.4 Å². The van der Waals surface area contributed by atoms with Crippen LogP contribution in [0.3, 0.4) is 0 Å². The molecule has 2 aromatic carbocycles. The minimum atomic E-state index is -0.271. The van der Waals surface area contributed by atoms with Crippen LogP contribution in [0.25, 0.3) is 0 Å². The van der Waals surface area contributed by atoms with Gasteiger partial charge in [0.15, 0.2) is 11.5 Å². The van der Waals surface area contributed by atoms with E-state index in [2.05, 4.69) is 5.32 Å². The minimum absolute atomic E-state index is 0.00843. The molecule has 1 N–H and O–H groups in total. The molecule has 0 unspecified atom stereocenters. The smallest absolute Gasteiger partial charge is 0.225 e. The van der Waals surface area contributed by atoms with Crippen LogP contribution in [-0.4, -0.2) is 12.5 Å². The number of carbonyl (C=O) groups excluding carboxylic acids is 1. The van der Waals surface area contributed by atoms with Crippen LogP contribution in [0.15, 0.2) is 53.9 Å². The second-order valence-electron chi connectivity index (χ2n) is 6.56. The van der Waals surface area contributed by atoms with Crippen molar-refractivity contribution in [1.82, 2.24) is 0 Å². The highest BCUT2D eigenvalue weighted by Crippen LogP contribution is 2.42. The monoisotopic (exact) mass is 397 g/mol. The average molecular weight is 397 g/mol. The third kappa shape index (κ3) is 3.87. The zero-order valence-corrected chi connectivity index (χ0v) is 16.2. The number of nitrogens with one attached hydrogen (secondary N) is 1. The number of carbonyl (C=O) groups is 1. The lowest BCUT2D eigenvalue weighted by Crippen LogP contribution is -2.22. The minimum Gasteiger partial charge on any atom is -0.490 e. The number of fused-ring (bicyclic) bond motifs is 1. The van der Waals surface area contributed by atoms with E-state index in [4.69, 9.17) is 9.47 Å². The van der Waals surface area contributed by atoms with E-state index in [0.29, 0.717) is 31.1 Å². The Bertz CT molecular complexity index is 984. The van der Waals surface area contributed by atoms with Gasteiger partial charge in [-0.2, -0.15) is 0 Å². The molecule has 1 aliphatic rings. The highest BCUT2D eigenvalue weighted by Gasteiger charge is 2.28. The normalized spacial score (nSPS) is 15.6. The fourth-order valence-electron chi connectivity index (χ4n) is 3.31. The quantitative estimate of drug-likeness (QED) is 0.611. The SMILES string of the molecule is CCOc1cc([C@H]2CC(=O)Nc3ccsc32)ccc1OCc1ccc(F)cc1. The lowest BCUT2D eigenvalue weighted by molar-refractivity contribution is -0.116. The second kappa shape index (κ2) is 8.02. The summed E-state index contributed by atoms with van der Waals surface area (Å²) in [5.74, 6) is 1.03. The van der Waals surface area contributed by atoms with Crippen molar-refractivity contribution in [2.24, 2.45) is 0 Å². The molecule has 0 saturated heterocycles. The maximum Gasteiger partial charge on any atom is 0.225 e. The Kier molecular flexibility index (Phi) is 5.30. The van der Waals surface area contributed by atoms with E-state index >= 15 is 0 Å². The zero-order chi connectivity index (χ0) is 19.5. The van der Waals surface area contributed by atoms with Gasteiger partial charge in [-0.1, -0.05) is 18.2 Å². The molecule has 2 heterocycles. The molecule has 0 spiro atoms. The molecule has 3 aromatic rings. The molecule has 4 nitrogen and oxygen atoms in total. The molecule has 1 aliphatic heterocycles. The largest absolute Gasteiger partial charge is 0.490 e. The number of amides is 1. The number of anilines is 1. The van der Waals surface area contributed by atoms with Gasteiger partial charge in [-0.25, -0.2) is 4.39 Å². The fraction of sp³-hybridized carbons (Fsp3) is 0.227. The Morgan fingerprint density at radius 1 is 1.11 bits per heavy atom. The number of rotatable bonds is 6. The topological polar surface area (TPSA) is 47.6 Å². The summed E-state index contributed by atoms with van der Waals surface area (Å²) in [7, 11) is 0. The van der Waals surface area contributed by atoms with Gasteiger partial charge in [0, 0.05) is 17.2 Å². The Balaban J connectivity index is 1.59. The first kappa shape index (κ1) is 18.5. The van der Waals surface area contributed by atoms with Gasteiger partial charge in [0.1, 0.15) is 12.4 Å². The van der Waals surface area contributed by atoms with E-state index in [1.54, 1.807) is 23.5 Å². The summed E-state index contributed by atoms with van der Waals surface area (Å²) in [6.07, 6.45) is 0.412. The van der Waals surface area contributed by atoms with Gasteiger partial charge in [-0.15, -0.1) is 11.3 Å². The lowest BCUT2D eigenvalue weighted by atomic mass is 9.90. The Hall–Kier alpha value is -2.86. The molecule has 6 heteroatoms. The van der Waals surface area contributed by atoms with Crippen LogP contribution in [0.5, 0.6) is 11.5 Å². The Morgan fingerprint density at radius 3 is 2.71 bits per heavy atom. The van der Waals surface area contributed by atoms with Crippen LogP contribution < -0.4 is 14.8 Å². The second-order valence-corrected chi connectivity index (χ2v) is 7.51. The molecule has 0 fully saturated rings. The molecule has 4 rings (SSSR count). The predicted molar refractivity (Wildman–Crippen MR) is 108 cm³/mol. The van der Waals surface area contributed by atoms with Crippen LogP contribution in [0.2, 0.25) is 0 Å². The first-order chi connectivity index (χ1) is 13.6. The van der Waals surface area contributed by atoms with Crippen molar-refractivity contribution in [3.63, 3.8) is 0 Å². The van der Waals surface area contributed by atoms with Crippen LogP contribution >= 0.6 is 11.3 Å². The van der Waals surface area contributed by atoms with Crippen molar-refractivity contribution in [1.29, 1.82) is 0 Å². The molecular weight excluding hydrogens is 377 g/mol. The van der Waals surface area contributed by atoms with E-state index in [1.165, 1.54) is 12.1 Å². The van der Waals surface area contributed by atoms with Gasteiger partial charge in [0.05, 0.1) is 12.3 Å². The van der Waals surface area contributed by atoms with E-state index in [-0.39, 0.29) is 17.6 Å². The summed E-state index contributed by atoms with van der Waals surface area (Å²) in [6.45, 7) is 2.74. The molecule has 0 saturated carbocycles. The molecule has 1 amide bonds. The standard InChI is InChI=1S/C22H20FNO3S/c1-2-26-20-11-15(17-12-21(25)24-18-9-10-28-22(17)18)5-8-19(20)27-13-14-3-6-16(23)7-4-14/h3-11,17H,2,12-13H2,1H3,(H,24,25)/t17-/m1/s1. The van der Waals surface area contributed by atoms with Gasteiger partial charge in [0.2, 0.25) is 5.91 Å². The van der Waals surface area contributed by atoms with Crippen molar-refractivity contribution in [3.05, 3.63) is 75.7 Å². The van der Waals surface area contributed by atoms with Crippen molar-refractivity contribution in [3.8, 4) is 11.5 Å². The summed E-state index contributed by atoms with van der Waals surface area (Å²) in [5, 5.41) is 4.91. The van der Waals surface area contributed by atoms with Gasteiger partial charge >= 0.3 is 0 Å². The van der Waals surface area contributed by atoms with Crippen molar-refractivity contribution >= 4 is 22.9 Å². The summed E-state index contributed by atoms with van der Waals surface area (Å²) in [5.41, 5.74) is 2.79. The average Bonchev–Trinajstić information content (AvgIpc) is 3.16. The van der Waals surface area contributed by atoms with Crippen molar-refractivity contribution < 1.29 is 18.7 Å². The molecule has 1 atom stereocenters. The number of hydrogen-bond donors (Lipinski definition) is 1. The van der Waals surface area contributed by atoms with Crippen LogP contribution in [0.1, 0.15) is 35.3 Å². The van der Waals surface area contributed by atoms with Gasteiger partial charge in [-0.3, -0.25) is 4.79 Å². The van der Waals surface area contributed by atoms with Crippen molar-refractivity contribution in [2.75, 3.05) is 11.9 Å². The predicted octanol–water partition coefficient (Wildman–Crippen LogP) is 5.34. The first-order valence-corrected chi connectivity index (χ1v) is 10.0. The molecule has 1 aromatic heterocycles. The van der Waals surface area contributed by atoms with E-state index < -0.39 is 0 Å². The van der Waals surface area contributed by atoms with E-state index in [1.807, 2.05) is 36.6 Å². The maximum atomic E-state index is 13.1. The van der Waals surface area contributed by atoms with E-state index in [9.17, 15) is 9.18 Å². The Labute approximate surface area is 166 Å². The lowest BCUT2D eigenvalue weighted by Gasteiger charge is -2.24. The molecular formula is C22H20FNO3S. The number of benzene rings is 2. The fourth-order valence-corrected chi connectivity index (χ4v) is 4.29. The number of ether oxygens (including phenoxy) is 2. The Morgan fingerprint density at radius 2 is 1.93 bits per heavy atom. The molecule has 0 bridgehead atoms. The summed E-state index contributed by atoms with van der Waals surface area (Å²) < 4.78 is 24.8. The van der Waals surface area contributed by atoms with E-state index in [0.717, 1.165) is 21.7 Å².